The Labute approximate surface area is 188 Å². The van der Waals surface area contributed by atoms with Crippen LogP contribution in [0.5, 0.6) is 0 Å². The second-order valence-corrected chi connectivity index (χ2v) is 8.02. The molecule has 0 radical (unpaired) electrons. The molecule has 0 spiro atoms. The van der Waals surface area contributed by atoms with Gasteiger partial charge in [0, 0.05) is 42.6 Å². The molecule has 0 aliphatic heterocycles. The minimum atomic E-state index is -0.162. The zero-order chi connectivity index (χ0) is 22.2. The Hall–Kier alpha value is -3.05. The number of aromatic nitrogens is 1. The monoisotopic (exact) mass is 437 g/mol. The third kappa shape index (κ3) is 6.22. The van der Waals surface area contributed by atoms with Crippen LogP contribution in [0, 0.1) is 0 Å². The van der Waals surface area contributed by atoms with Crippen molar-refractivity contribution >= 4 is 23.4 Å². The van der Waals surface area contributed by atoms with Crippen molar-refractivity contribution in [2.24, 2.45) is 7.05 Å². The van der Waals surface area contributed by atoms with E-state index in [0.29, 0.717) is 30.2 Å². The lowest BCUT2D eigenvalue weighted by molar-refractivity contribution is -0.133. The van der Waals surface area contributed by atoms with Gasteiger partial charge in [-0.15, -0.1) is 0 Å². The molecule has 6 heteroatoms. The van der Waals surface area contributed by atoms with Crippen molar-refractivity contribution in [3.05, 3.63) is 94.8 Å². The second-order valence-electron chi connectivity index (χ2n) is 7.58. The number of hydrogen-bond donors (Lipinski definition) is 0. The molecule has 0 saturated carbocycles. The van der Waals surface area contributed by atoms with Crippen molar-refractivity contribution in [1.82, 2.24) is 14.4 Å². The molecule has 2 amide bonds. The lowest BCUT2D eigenvalue weighted by Gasteiger charge is -2.28. The van der Waals surface area contributed by atoms with E-state index in [2.05, 4.69) is 0 Å². The first-order valence-electron chi connectivity index (χ1n) is 10.4. The number of nitrogens with zero attached hydrogens (tertiary/aromatic N) is 3. The van der Waals surface area contributed by atoms with E-state index in [1.54, 1.807) is 29.2 Å². The van der Waals surface area contributed by atoms with Crippen molar-refractivity contribution < 1.29 is 9.59 Å². The SMILES string of the molecule is CCCN(CC(=O)N(Cc1ccccc1)Cc1cccn1C)C(=O)c1ccc(Cl)cc1. The van der Waals surface area contributed by atoms with E-state index in [9.17, 15) is 9.59 Å². The topological polar surface area (TPSA) is 45.6 Å². The van der Waals surface area contributed by atoms with Crippen molar-refractivity contribution in [2.45, 2.75) is 26.4 Å². The van der Waals surface area contributed by atoms with Gasteiger partial charge in [0.2, 0.25) is 5.91 Å². The molecule has 5 nitrogen and oxygen atoms in total. The highest BCUT2D eigenvalue weighted by molar-refractivity contribution is 6.30. The minimum absolute atomic E-state index is 0.0343. The number of benzene rings is 2. The fourth-order valence-electron chi connectivity index (χ4n) is 3.45. The molecule has 1 heterocycles. The Morgan fingerprint density at radius 2 is 1.61 bits per heavy atom. The Kier molecular flexibility index (Phi) is 7.90. The number of amides is 2. The summed E-state index contributed by atoms with van der Waals surface area (Å²) in [5, 5.41) is 0.575. The van der Waals surface area contributed by atoms with Gasteiger partial charge < -0.3 is 14.4 Å². The largest absolute Gasteiger partial charge is 0.353 e. The van der Waals surface area contributed by atoms with Gasteiger partial charge in [-0.2, -0.15) is 0 Å². The van der Waals surface area contributed by atoms with E-state index >= 15 is 0 Å². The molecule has 2 aromatic carbocycles. The summed E-state index contributed by atoms with van der Waals surface area (Å²) >= 11 is 5.95. The lowest BCUT2D eigenvalue weighted by Crippen LogP contribution is -2.43. The number of halogens is 1. The highest BCUT2D eigenvalue weighted by atomic mass is 35.5. The van der Waals surface area contributed by atoms with Gasteiger partial charge in [0.05, 0.1) is 6.54 Å². The molecule has 162 valence electrons. The number of carbonyl (C=O) groups excluding carboxylic acids is 2. The van der Waals surface area contributed by atoms with Crippen LogP contribution >= 0.6 is 11.6 Å². The van der Waals surface area contributed by atoms with Gasteiger partial charge in [-0.25, -0.2) is 0 Å². The summed E-state index contributed by atoms with van der Waals surface area (Å²) in [6.07, 6.45) is 2.73. The molecule has 0 bridgehead atoms. The Morgan fingerprint density at radius 3 is 2.23 bits per heavy atom. The van der Waals surface area contributed by atoms with E-state index in [1.807, 2.05) is 72.1 Å². The van der Waals surface area contributed by atoms with Gasteiger partial charge in [0.25, 0.3) is 5.91 Å². The van der Waals surface area contributed by atoms with Crippen molar-refractivity contribution in [3.8, 4) is 0 Å². The first-order chi connectivity index (χ1) is 15.0. The summed E-state index contributed by atoms with van der Waals surface area (Å²) in [6, 6.07) is 20.7. The molecule has 0 atom stereocenters. The second kappa shape index (κ2) is 10.8. The molecule has 0 aliphatic carbocycles. The highest BCUT2D eigenvalue weighted by Crippen LogP contribution is 2.14. The predicted octanol–water partition coefficient (Wildman–Crippen LogP) is 4.76. The van der Waals surface area contributed by atoms with Crippen LogP contribution in [-0.2, 0) is 24.9 Å². The number of rotatable bonds is 9. The van der Waals surface area contributed by atoms with Crippen LogP contribution < -0.4 is 0 Å². The van der Waals surface area contributed by atoms with Gasteiger partial charge in [0.1, 0.15) is 6.54 Å². The van der Waals surface area contributed by atoms with Gasteiger partial charge in [-0.05, 0) is 48.4 Å². The standard InChI is InChI=1S/C25H28ClN3O2/c1-3-15-28(25(31)21-11-13-22(26)14-12-21)19-24(30)29(17-20-8-5-4-6-9-20)18-23-10-7-16-27(23)2/h4-14,16H,3,15,17-19H2,1-2H3. The zero-order valence-corrected chi connectivity index (χ0v) is 18.8. The molecule has 0 saturated heterocycles. The average molecular weight is 438 g/mol. The molecule has 0 aliphatic rings. The number of hydrogen-bond acceptors (Lipinski definition) is 2. The van der Waals surface area contributed by atoms with Crippen LogP contribution in [0.15, 0.2) is 72.9 Å². The Morgan fingerprint density at radius 1 is 0.903 bits per heavy atom. The van der Waals surface area contributed by atoms with Crippen LogP contribution in [0.4, 0.5) is 0 Å². The molecule has 3 rings (SSSR count). The maximum absolute atomic E-state index is 13.4. The fraction of sp³-hybridized carbons (Fsp3) is 0.280. The normalized spacial score (nSPS) is 10.7. The van der Waals surface area contributed by atoms with Gasteiger partial charge in [0.15, 0.2) is 0 Å². The first kappa shape index (κ1) is 22.6. The number of aryl methyl sites for hydroxylation is 1. The minimum Gasteiger partial charge on any atom is -0.353 e. The molecular weight excluding hydrogens is 410 g/mol. The zero-order valence-electron chi connectivity index (χ0n) is 18.0. The summed E-state index contributed by atoms with van der Waals surface area (Å²) in [6.45, 7) is 3.51. The van der Waals surface area contributed by atoms with Crippen molar-refractivity contribution in [3.63, 3.8) is 0 Å². The third-order valence-corrected chi connectivity index (χ3v) is 5.42. The maximum Gasteiger partial charge on any atom is 0.254 e. The Balaban J connectivity index is 1.79. The lowest BCUT2D eigenvalue weighted by atomic mass is 10.2. The summed E-state index contributed by atoms with van der Waals surface area (Å²) in [7, 11) is 1.97. The summed E-state index contributed by atoms with van der Waals surface area (Å²) in [5.41, 5.74) is 2.62. The highest BCUT2D eigenvalue weighted by Gasteiger charge is 2.23. The smallest absolute Gasteiger partial charge is 0.254 e. The van der Waals surface area contributed by atoms with E-state index in [-0.39, 0.29) is 18.4 Å². The van der Waals surface area contributed by atoms with Gasteiger partial charge >= 0.3 is 0 Å². The molecule has 0 N–H and O–H groups in total. The number of carbonyl (C=O) groups is 2. The predicted molar refractivity (Wildman–Crippen MR) is 124 cm³/mol. The van der Waals surface area contributed by atoms with E-state index in [1.165, 1.54) is 0 Å². The van der Waals surface area contributed by atoms with E-state index < -0.39 is 0 Å². The molecule has 31 heavy (non-hydrogen) atoms. The molecule has 0 fully saturated rings. The van der Waals surface area contributed by atoms with E-state index in [0.717, 1.165) is 17.7 Å². The molecule has 0 unspecified atom stereocenters. The maximum atomic E-state index is 13.4. The summed E-state index contributed by atoms with van der Waals surface area (Å²) in [5.74, 6) is -0.244. The fourth-order valence-corrected chi connectivity index (χ4v) is 3.58. The molecule has 3 aromatic rings. The van der Waals surface area contributed by atoms with Crippen LogP contribution in [-0.4, -0.2) is 39.3 Å². The van der Waals surface area contributed by atoms with E-state index in [4.69, 9.17) is 11.6 Å². The summed E-state index contributed by atoms with van der Waals surface area (Å²) in [4.78, 5) is 29.8. The summed E-state index contributed by atoms with van der Waals surface area (Å²) < 4.78 is 2.01. The molecule has 1 aromatic heterocycles. The van der Waals surface area contributed by atoms with Crippen LogP contribution in [0.2, 0.25) is 5.02 Å². The average Bonchev–Trinajstić information content (AvgIpc) is 3.18. The van der Waals surface area contributed by atoms with Gasteiger partial charge in [-0.3, -0.25) is 9.59 Å². The first-order valence-corrected chi connectivity index (χ1v) is 10.8. The Bertz CT molecular complexity index is 999. The van der Waals surface area contributed by atoms with Crippen LogP contribution in [0.3, 0.4) is 0 Å². The molecular formula is C25H28ClN3O2. The van der Waals surface area contributed by atoms with Crippen molar-refractivity contribution in [2.75, 3.05) is 13.1 Å². The quantitative estimate of drug-likeness (QED) is 0.484. The van der Waals surface area contributed by atoms with Crippen LogP contribution in [0.25, 0.3) is 0 Å². The van der Waals surface area contributed by atoms with Crippen molar-refractivity contribution in [1.29, 1.82) is 0 Å². The third-order valence-electron chi connectivity index (χ3n) is 5.17. The van der Waals surface area contributed by atoms with Crippen LogP contribution in [0.1, 0.15) is 35.0 Å². The van der Waals surface area contributed by atoms with Gasteiger partial charge in [-0.1, -0.05) is 48.9 Å².